The minimum absolute atomic E-state index is 0. The summed E-state index contributed by atoms with van der Waals surface area (Å²) in [5.74, 6) is 1.61. The number of nitrogens with one attached hydrogen (secondary N) is 2. The molecule has 1 aromatic carbocycles. The molecule has 0 bridgehead atoms. The number of imidazole rings is 1. The molecule has 27 heavy (non-hydrogen) atoms. The molecule has 3 rings (SSSR count). The van der Waals surface area contributed by atoms with Crippen molar-refractivity contribution in [2.24, 2.45) is 4.99 Å². The topological polar surface area (TPSA) is 67.1 Å². The second-order valence-corrected chi connectivity index (χ2v) is 6.16. The number of hydrogen-bond donors (Lipinski definition) is 2. The van der Waals surface area contributed by atoms with Crippen molar-refractivity contribution >= 4 is 41.5 Å². The summed E-state index contributed by atoms with van der Waals surface area (Å²) in [6.07, 6.45) is 8.08. The molecule has 2 heterocycles. The van der Waals surface area contributed by atoms with Gasteiger partial charge in [0.05, 0.1) is 0 Å². The van der Waals surface area contributed by atoms with Gasteiger partial charge in [-0.3, -0.25) is 9.56 Å². The molecular weight excluding hydrogens is 475 g/mol. The van der Waals surface area contributed by atoms with Gasteiger partial charge in [0, 0.05) is 43.8 Å². The van der Waals surface area contributed by atoms with Gasteiger partial charge in [-0.15, -0.1) is 24.0 Å². The molecule has 0 radical (unpaired) electrons. The van der Waals surface area contributed by atoms with Crippen molar-refractivity contribution in [1.82, 2.24) is 25.2 Å². The molecule has 0 aliphatic heterocycles. The maximum atomic E-state index is 5.90. The fourth-order valence-electron chi connectivity index (χ4n) is 2.45. The SMILES string of the molecule is CN=C(NCCc1ccc(Cl)cc1)NCc1ccc(-n2ccnc2)nc1.I. The highest BCUT2D eigenvalue weighted by atomic mass is 127. The van der Waals surface area contributed by atoms with Crippen LogP contribution in [0.3, 0.4) is 0 Å². The lowest BCUT2D eigenvalue weighted by molar-refractivity contribution is 0.792. The molecule has 0 fully saturated rings. The lowest BCUT2D eigenvalue weighted by Gasteiger charge is -2.12. The molecule has 0 spiro atoms. The lowest BCUT2D eigenvalue weighted by Crippen LogP contribution is -2.37. The van der Waals surface area contributed by atoms with Crippen LogP contribution in [0.1, 0.15) is 11.1 Å². The predicted molar refractivity (Wildman–Crippen MR) is 120 cm³/mol. The summed E-state index contributed by atoms with van der Waals surface area (Å²) in [5.41, 5.74) is 2.31. The molecule has 0 saturated carbocycles. The second-order valence-electron chi connectivity index (χ2n) is 5.72. The van der Waals surface area contributed by atoms with Crippen LogP contribution < -0.4 is 10.6 Å². The Labute approximate surface area is 181 Å². The van der Waals surface area contributed by atoms with Gasteiger partial charge in [-0.05, 0) is 35.7 Å². The molecule has 8 heteroatoms. The van der Waals surface area contributed by atoms with E-state index >= 15 is 0 Å². The van der Waals surface area contributed by atoms with Gasteiger partial charge in [0.1, 0.15) is 12.1 Å². The van der Waals surface area contributed by atoms with Gasteiger partial charge >= 0.3 is 0 Å². The highest BCUT2D eigenvalue weighted by Crippen LogP contribution is 2.09. The van der Waals surface area contributed by atoms with Crippen molar-refractivity contribution in [2.75, 3.05) is 13.6 Å². The maximum absolute atomic E-state index is 5.90. The Morgan fingerprint density at radius 3 is 2.52 bits per heavy atom. The van der Waals surface area contributed by atoms with Crippen molar-refractivity contribution < 1.29 is 0 Å². The summed E-state index contributed by atoms with van der Waals surface area (Å²) in [4.78, 5) is 12.7. The molecule has 0 unspecified atom stereocenters. The predicted octanol–water partition coefficient (Wildman–Crippen LogP) is 3.45. The third kappa shape index (κ3) is 6.51. The summed E-state index contributed by atoms with van der Waals surface area (Å²) < 4.78 is 1.87. The van der Waals surface area contributed by atoms with Crippen molar-refractivity contribution in [1.29, 1.82) is 0 Å². The van der Waals surface area contributed by atoms with Crippen LogP contribution in [0.2, 0.25) is 5.02 Å². The monoisotopic (exact) mass is 496 g/mol. The third-order valence-electron chi connectivity index (χ3n) is 3.88. The smallest absolute Gasteiger partial charge is 0.191 e. The minimum Gasteiger partial charge on any atom is -0.356 e. The van der Waals surface area contributed by atoms with E-state index in [2.05, 4.69) is 25.6 Å². The number of aromatic nitrogens is 3. The van der Waals surface area contributed by atoms with Crippen LogP contribution in [0.25, 0.3) is 5.82 Å². The van der Waals surface area contributed by atoms with Crippen molar-refractivity contribution in [3.05, 3.63) is 77.5 Å². The zero-order valence-corrected chi connectivity index (χ0v) is 18.1. The quantitative estimate of drug-likeness (QED) is 0.312. The van der Waals surface area contributed by atoms with Crippen LogP contribution in [0.5, 0.6) is 0 Å². The number of nitrogens with zero attached hydrogens (tertiary/aromatic N) is 4. The van der Waals surface area contributed by atoms with E-state index in [0.29, 0.717) is 6.54 Å². The van der Waals surface area contributed by atoms with Gasteiger partial charge in [0.15, 0.2) is 5.96 Å². The first-order chi connectivity index (χ1) is 12.7. The molecule has 2 aromatic heterocycles. The summed E-state index contributed by atoms with van der Waals surface area (Å²) in [6, 6.07) is 11.9. The lowest BCUT2D eigenvalue weighted by atomic mass is 10.1. The van der Waals surface area contributed by atoms with Gasteiger partial charge in [-0.1, -0.05) is 29.8 Å². The van der Waals surface area contributed by atoms with E-state index in [9.17, 15) is 0 Å². The van der Waals surface area contributed by atoms with Crippen LogP contribution in [0.4, 0.5) is 0 Å². The largest absolute Gasteiger partial charge is 0.356 e. The highest BCUT2D eigenvalue weighted by molar-refractivity contribution is 14.0. The van der Waals surface area contributed by atoms with Crippen LogP contribution in [-0.4, -0.2) is 34.1 Å². The summed E-state index contributed by atoms with van der Waals surface area (Å²) >= 11 is 5.90. The Kier molecular flexibility index (Phi) is 8.53. The number of rotatable bonds is 6. The summed E-state index contributed by atoms with van der Waals surface area (Å²) in [5, 5.41) is 7.36. The maximum Gasteiger partial charge on any atom is 0.191 e. The second kappa shape index (κ2) is 10.9. The van der Waals surface area contributed by atoms with E-state index in [1.54, 1.807) is 19.6 Å². The number of halogens is 2. The first-order valence-corrected chi connectivity index (χ1v) is 8.74. The molecule has 2 N–H and O–H groups in total. The van der Waals surface area contributed by atoms with E-state index in [-0.39, 0.29) is 24.0 Å². The minimum atomic E-state index is 0. The van der Waals surface area contributed by atoms with Crippen molar-refractivity contribution in [3.8, 4) is 5.82 Å². The Balaban J connectivity index is 0.00000261. The van der Waals surface area contributed by atoms with Crippen LogP contribution in [0, 0.1) is 0 Å². The molecule has 0 aliphatic rings. The average molecular weight is 497 g/mol. The Bertz CT molecular complexity index is 832. The van der Waals surface area contributed by atoms with E-state index in [0.717, 1.165) is 35.3 Å². The van der Waals surface area contributed by atoms with Gasteiger partial charge in [-0.25, -0.2) is 9.97 Å². The summed E-state index contributed by atoms with van der Waals surface area (Å²) in [7, 11) is 1.76. The fourth-order valence-corrected chi connectivity index (χ4v) is 2.58. The van der Waals surface area contributed by atoms with Crippen LogP contribution in [-0.2, 0) is 13.0 Å². The molecule has 0 aliphatic carbocycles. The number of aliphatic imine (C=N–C) groups is 1. The fraction of sp³-hybridized carbons (Fsp3) is 0.211. The summed E-state index contributed by atoms with van der Waals surface area (Å²) in [6.45, 7) is 1.44. The zero-order chi connectivity index (χ0) is 18.2. The van der Waals surface area contributed by atoms with Gasteiger partial charge in [0.25, 0.3) is 0 Å². The first kappa shape index (κ1) is 21.2. The Hall–Kier alpha value is -2.13. The van der Waals surface area contributed by atoms with E-state index in [1.807, 2.05) is 53.4 Å². The first-order valence-electron chi connectivity index (χ1n) is 8.37. The van der Waals surface area contributed by atoms with Gasteiger partial charge < -0.3 is 10.6 Å². The van der Waals surface area contributed by atoms with Crippen molar-refractivity contribution in [3.63, 3.8) is 0 Å². The number of hydrogen-bond acceptors (Lipinski definition) is 3. The van der Waals surface area contributed by atoms with Gasteiger partial charge in [-0.2, -0.15) is 0 Å². The molecule has 142 valence electrons. The molecule has 0 saturated heterocycles. The Morgan fingerprint density at radius 1 is 1.11 bits per heavy atom. The van der Waals surface area contributed by atoms with Crippen LogP contribution in [0.15, 0.2) is 66.3 Å². The van der Waals surface area contributed by atoms with E-state index in [1.165, 1.54) is 5.56 Å². The van der Waals surface area contributed by atoms with Crippen LogP contribution >= 0.6 is 35.6 Å². The highest BCUT2D eigenvalue weighted by Gasteiger charge is 2.01. The number of benzene rings is 1. The van der Waals surface area contributed by atoms with E-state index in [4.69, 9.17) is 11.6 Å². The molecular formula is C19H22ClIN6. The standard InChI is InChI=1S/C19H21ClN6.HI/c1-21-19(23-9-8-15-2-5-17(20)6-3-15)25-13-16-4-7-18(24-12-16)26-11-10-22-14-26;/h2-7,10-12,14H,8-9,13H2,1H3,(H2,21,23,25);1H. The average Bonchev–Trinajstić information content (AvgIpc) is 3.21. The van der Waals surface area contributed by atoms with Gasteiger partial charge in [0.2, 0.25) is 0 Å². The Morgan fingerprint density at radius 2 is 1.89 bits per heavy atom. The zero-order valence-electron chi connectivity index (χ0n) is 15.0. The number of pyridine rings is 1. The normalized spacial score (nSPS) is 11.0. The third-order valence-corrected chi connectivity index (χ3v) is 4.13. The molecule has 0 amide bonds. The van der Waals surface area contributed by atoms with E-state index < -0.39 is 0 Å². The molecule has 0 atom stereocenters. The number of guanidine groups is 1. The molecule has 3 aromatic rings. The molecule has 6 nitrogen and oxygen atoms in total. The van der Waals surface area contributed by atoms with Crippen molar-refractivity contribution in [2.45, 2.75) is 13.0 Å².